The smallest absolute Gasteiger partial charge is 0.133 e. The van der Waals surface area contributed by atoms with Gasteiger partial charge in [-0.25, -0.2) is 4.98 Å². The normalized spacial score (nSPS) is 10.6. The summed E-state index contributed by atoms with van der Waals surface area (Å²) in [5.74, 6) is 1.05. The molecule has 1 heterocycles. The van der Waals surface area contributed by atoms with Crippen molar-refractivity contribution in [3.8, 4) is 0 Å². The van der Waals surface area contributed by atoms with Crippen molar-refractivity contribution in [1.82, 2.24) is 10.3 Å². The van der Waals surface area contributed by atoms with Gasteiger partial charge in [-0.05, 0) is 25.1 Å². The van der Waals surface area contributed by atoms with Crippen LogP contribution in [0.5, 0.6) is 0 Å². The second-order valence-electron chi connectivity index (χ2n) is 5.11. The van der Waals surface area contributed by atoms with Crippen LogP contribution in [0.2, 0.25) is 0 Å². The maximum Gasteiger partial charge on any atom is 0.133 e. The number of nitrogens with zero attached hydrogens (tertiary/aromatic N) is 2. The molecular weight excluding hydrogens is 246 g/mol. The van der Waals surface area contributed by atoms with Crippen LogP contribution in [0.1, 0.15) is 23.6 Å². The molecule has 2 aromatic rings. The van der Waals surface area contributed by atoms with E-state index in [1.54, 1.807) is 0 Å². The number of aryl methyl sites for hydroxylation is 1. The molecule has 3 nitrogen and oxygen atoms in total. The van der Waals surface area contributed by atoms with Crippen molar-refractivity contribution in [2.45, 2.75) is 26.9 Å². The summed E-state index contributed by atoms with van der Waals surface area (Å²) in [5.41, 5.74) is 3.85. The first-order valence-electron chi connectivity index (χ1n) is 7.12. The van der Waals surface area contributed by atoms with E-state index in [0.717, 1.165) is 25.5 Å². The largest absolute Gasteiger partial charge is 0.355 e. The molecule has 0 spiro atoms. The summed E-state index contributed by atoms with van der Waals surface area (Å²) in [6.07, 6.45) is 1.86. The minimum absolute atomic E-state index is 0.859. The zero-order chi connectivity index (χ0) is 14.4. The van der Waals surface area contributed by atoms with Crippen LogP contribution >= 0.6 is 0 Å². The van der Waals surface area contributed by atoms with E-state index in [0.29, 0.717) is 0 Å². The van der Waals surface area contributed by atoms with Gasteiger partial charge in [-0.2, -0.15) is 0 Å². The summed E-state index contributed by atoms with van der Waals surface area (Å²) < 4.78 is 0. The summed E-state index contributed by atoms with van der Waals surface area (Å²) in [6, 6.07) is 12.8. The molecule has 1 aromatic carbocycles. The number of rotatable bonds is 6. The summed E-state index contributed by atoms with van der Waals surface area (Å²) in [5, 5.41) is 3.37. The fraction of sp³-hybridized carbons (Fsp3) is 0.353. The SMILES string of the molecule is CCNCc1cccnc1N(C)Cc1cccc(C)c1. The topological polar surface area (TPSA) is 28.2 Å². The van der Waals surface area contributed by atoms with Crippen LogP contribution in [0.3, 0.4) is 0 Å². The first-order valence-corrected chi connectivity index (χ1v) is 7.12. The Bertz CT molecular complexity index is 551. The molecule has 0 radical (unpaired) electrons. The van der Waals surface area contributed by atoms with E-state index in [4.69, 9.17) is 0 Å². The zero-order valence-electron chi connectivity index (χ0n) is 12.6. The second kappa shape index (κ2) is 7.06. The average molecular weight is 269 g/mol. The Morgan fingerprint density at radius 1 is 1.20 bits per heavy atom. The first-order chi connectivity index (χ1) is 9.70. The molecule has 0 unspecified atom stereocenters. The maximum absolute atomic E-state index is 4.54. The van der Waals surface area contributed by atoms with Crippen LogP contribution in [-0.2, 0) is 13.1 Å². The molecule has 1 aromatic heterocycles. The summed E-state index contributed by atoms with van der Waals surface area (Å²) >= 11 is 0. The Labute approximate surface area is 121 Å². The lowest BCUT2D eigenvalue weighted by molar-refractivity contribution is 0.719. The summed E-state index contributed by atoms with van der Waals surface area (Å²) in [6.45, 7) is 6.94. The number of anilines is 1. The Kier molecular flexibility index (Phi) is 5.13. The van der Waals surface area contributed by atoms with Gasteiger partial charge in [-0.15, -0.1) is 0 Å². The zero-order valence-corrected chi connectivity index (χ0v) is 12.6. The molecule has 0 atom stereocenters. The molecule has 3 heteroatoms. The Hall–Kier alpha value is -1.87. The van der Waals surface area contributed by atoms with Crippen molar-refractivity contribution < 1.29 is 0 Å². The highest BCUT2D eigenvalue weighted by Gasteiger charge is 2.08. The van der Waals surface area contributed by atoms with Gasteiger partial charge in [0.15, 0.2) is 0 Å². The van der Waals surface area contributed by atoms with Gasteiger partial charge in [0.2, 0.25) is 0 Å². The molecule has 0 aliphatic heterocycles. The average Bonchev–Trinajstić information content (AvgIpc) is 2.45. The predicted octanol–water partition coefficient (Wildman–Crippen LogP) is 3.14. The molecule has 1 N–H and O–H groups in total. The number of hydrogen-bond acceptors (Lipinski definition) is 3. The van der Waals surface area contributed by atoms with Crippen molar-refractivity contribution in [2.75, 3.05) is 18.5 Å². The molecule has 0 saturated heterocycles. The number of benzene rings is 1. The molecular formula is C17H23N3. The number of hydrogen-bond donors (Lipinski definition) is 1. The van der Waals surface area contributed by atoms with Crippen LogP contribution < -0.4 is 10.2 Å². The van der Waals surface area contributed by atoms with Gasteiger partial charge in [0, 0.05) is 31.9 Å². The van der Waals surface area contributed by atoms with E-state index in [1.165, 1.54) is 16.7 Å². The van der Waals surface area contributed by atoms with Gasteiger partial charge in [0.1, 0.15) is 5.82 Å². The van der Waals surface area contributed by atoms with E-state index >= 15 is 0 Å². The highest BCUT2D eigenvalue weighted by molar-refractivity contribution is 5.46. The Morgan fingerprint density at radius 3 is 2.80 bits per heavy atom. The van der Waals surface area contributed by atoms with Gasteiger partial charge in [-0.1, -0.05) is 42.8 Å². The van der Waals surface area contributed by atoms with E-state index in [9.17, 15) is 0 Å². The molecule has 0 aliphatic carbocycles. The number of nitrogens with one attached hydrogen (secondary N) is 1. The highest BCUT2D eigenvalue weighted by atomic mass is 15.2. The van der Waals surface area contributed by atoms with Crippen LogP contribution in [0.25, 0.3) is 0 Å². The van der Waals surface area contributed by atoms with Crippen molar-refractivity contribution in [1.29, 1.82) is 0 Å². The molecule has 20 heavy (non-hydrogen) atoms. The van der Waals surface area contributed by atoms with E-state index in [-0.39, 0.29) is 0 Å². The standard InChI is InChI=1S/C17H23N3/c1-4-18-12-16-9-6-10-19-17(16)20(3)13-15-8-5-7-14(2)11-15/h5-11,18H,4,12-13H2,1-3H3. The van der Waals surface area contributed by atoms with E-state index in [1.807, 2.05) is 12.3 Å². The monoisotopic (exact) mass is 269 g/mol. The molecule has 106 valence electrons. The van der Waals surface area contributed by atoms with Crippen molar-refractivity contribution in [3.63, 3.8) is 0 Å². The van der Waals surface area contributed by atoms with E-state index in [2.05, 4.69) is 66.4 Å². The number of aromatic nitrogens is 1. The molecule has 0 amide bonds. The van der Waals surface area contributed by atoms with Crippen molar-refractivity contribution >= 4 is 5.82 Å². The Balaban J connectivity index is 2.14. The lowest BCUT2D eigenvalue weighted by Crippen LogP contribution is -2.21. The third-order valence-corrected chi connectivity index (χ3v) is 3.30. The molecule has 0 fully saturated rings. The summed E-state index contributed by atoms with van der Waals surface area (Å²) in [7, 11) is 2.10. The van der Waals surface area contributed by atoms with Gasteiger partial charge in [-0.3, -0.25) is 0 Å². The van der Waals surface area contributed by atoms with Gasteiger partial charge >= 0.3 is 0 Å². The summed E-state index contributed by atoms with van der Waals surface area (Å²) in [4.78, 5) is 6.75. The third kappa shape index (κ3) is 3.81. The van der Waals surface area contributed by atoms with Crippen LogP contribution in [0.4, 0.5) is 5.82 Å². The van der Waals surface area contributed by atoms with Crippen LogP contribution in [-0.4, -0.2) is 18.6 Å². The molecule has 0 bridgehead atoms. The van der Waals surface area contributed by atoms with Crippen molar-refractivity contribution in [2.24, 2.45) is 0 Å². The van der Waals surface area contributed by atoms with Crippen LogP contribution in [0, 0.1) is 6.92 Å². The maximum atomic E-state index is 4.54. The minimum Gasteiger partial charge on any atom is -0.355 e. The van der Waals surface area contributed by atoms with Crippen LogP contribution in [0.15, 0.2) is 42.6 Å². The fourth-order valence-corrected chi connectivity index (χ4v) is 2.33. The first kappa shape index (κ1) is 14.5. The number of pyridine rings is 1. The lowest BCUT2D eigenvalue weighted by Gasteiger charge is -2.21. The quantitative estimate of drug-likeness (QED) is 0.873. The van der Waals surface area contributed by atoms with Gasteiger partial charge < -0.3 is 10.2 Å². The van der Waals surface area contributed by atoms with Gasteiger partial charge in [0.25, 0.3) is 0 Å². The molecule has 0 aliphatic rings. The molecule has 0 saturated carbocycles. The van der Waals surface area contributed by atoms with E-state index < -0.39 is 0 Å². The second-order valence-corrected chi connectivity index (χ2v) is 5.11. The van der Waals surface area contributed by atoms with Gasteiger partial charge in [0.05, 0.1) is 0 Å². The fourth-order valence-electron chi connectivity index (χ4n) is 2.33. The minimum atomic E-state index is 0.859. The highest BCUT2D eigenvalue weighted by Crippen LogP contribution is 2.18. The predicted molar refractivity (Wildman–Crippen MR) is 84.9 cm³/mol. The lowest BCUT2D eigenvalue weighted by atomic mass is 10.1. The third-order valence-electron chi connectivity index (χ3n) is 3.30. The Morgan fingerprint density at radius 2 is 2.05 bits per heavy atom. The van der Waals surface area contributed by atoms with Crippen molar-refractivity contribution in [3.05, 3.63) is 59.3 Å². The molecule has 2 rings (SSSR count).